The highest BCUT2D eigenvalue weighted by Crippen LogP contribution is 2.13. The number of nitrogens with zero attached hydrogens (tertiary/aromatic N) is 1. The van der Waals surface area contributed by atoms with E-state index in [1.165, 1.54) is 0 Å². The minimum atomic E-state index is -1.13. The topological polar surface area (TPSA) is 50.2 Å². The molecule has 0 aliphatic heterocycles. The summed E-state index contributed by atoms with van der Waals surface area (Å²) in [6.45, 7) is 0. The molecule has 58 valence electrons. The Morgan fingerprint density at radius 3 is 2.73 bits per heavy atom. The highest BCUT2D eigenvalue weighted by Gasteiger charge is 2.08. The van der Waals surface area contributed by atoms with Crippen LogP contribution in [0.4, 0.5) is 4.39 Å². The fraction of sp³-hybridized carbons (Fsp3) is 0. The Kier molecular flexibility index (Phi) is 2.19. The molecule has 0 saturated carbocycles. The van der Waals surface area contributed by atoms with Gasteiger partial charge < -0.3 is 5.11 Å². The molecule has 0 atom stereocenters. The molecule has 0 bridgehead atoms. The summed E-state index contributed by atoms with van der Waals surface area (Å²) in [4.78, 5) is 13.6. The first-order chi connectivity index (χ1) is 5.11. The van der Waals surface area contributed by atoms with Crippen LogP contribution in [0.5, 0.6) is 0 Å². The van der Waals surface area contributed by atoms with Crippen LogP contribution in [0.1, 0.15) is 10.4 Å². The van der Waals surface area contributed by atoms with E-state index in [2.05, 4.69) is 20.9 Å². The average Bonchev–Trinajstić information content (AvgIpc) is 1.85. The van der Waals surface area contributed by atoms with Gasteiger partial charge in [0.25, 0.3) is 0 Å². The van der Waals surface area contributed by atoms with Crippen LogP contribution in [0.3, 0.4) is 0 Å². The van der Waals surface area contributed by atoms with Gasteiger partial charge in [-0.3, -0.25) is 0 Å². The number of hydrogen-bond donors (Lipinski definition) is 1. The van der Waals surface area contributed by atoms with E-state index in [1.807, 2.05) is 0 Å². The van der Waals surface area contributed by atoms with Crippen LogP contribution in [-0.4, -0.2) is 16.1 Å². The van der Waals surface area contributed by atoms with Gasteiger partial charge in [-0.15, -0.1) is 0 Å². The van der Waals surface area contributed by atoms with Crippen LogP contribution >= 0.6 is 15.9 Å². The number of carboxylic acid groups (broad SMARTS) is 1. The zero-order valence-electron chi connectivity index (χ0n) is 5.21. The van der Waals surface area contributed by atoms with Crippen LogP contribution in [0.25, 0.3) is 0 Å². The zero-order valence-corrected chi connectivity index (χ0v) is 6.80. The van der Waals surface area contributed by atoms with Gasteiger partial charge in [0.15, 0.2) is 0 Å². The molecule has 1 aromatic heterocycles. The summed E-state index contributed by atoms with van der Waals surface area (Å²) >= 11 is 2.82. The molecule has 3 nitrogen and oxygen atoms in total. The maximum atomic E-state index is 12.3. The Morgan fingerprint density at radius 1 is 1.64 bits per heavy atom. The van der Waals surface area contributed by atoms with Gasteiger partial charge in [-0.05, 0) is 28.1 Å². The molecule has 1 aromatic rings. The van der Waals surface area contributed by atoms with E-state index in [-0.39, 0.29) is 10.2 Å². The molecule has 5 heteroatoms. The third kappa shape index (κ3) is 1.74. The first-order valence-electron chi connectivity index (χ1n) is 2.66. The first-order valence-corrected chi connectivity index (χ1v) is 3.46. The molecule has 0 aliphatic rings. The third-order valence-electron chi connectivity index (χ3n) is 1.05. The molecule has 0 saturated heterocycles. The van der Waals surface area contributed by atoms with Crippen LogP contribution in [-0.2, 0) is 0 Å². The summed E-state index contributed by atoms with van der Waals surface area (Å²) < 4.78 is 12.3. The highest BCUT2D eigenvalue weighted by molar-refractivity contribution is 9.10. The van der Waals surface area contributed by atoms with Gasteiger partial charge in [0.2, 0.25) is 5.95 Å². The molecule has 0 amide bonds. The largest absolute Gasteiger partial charge is 0.478 e. The molecule has 0 spiro atoms. The summed E-state index contributed by atoms with van der Waals surface area (Å²) in [5.74, 6) is -1.84. The summed E-state index contributed by atoms with van der Waals surface area (Å²) in [6, 6.07) is 2.14. The summed E-state index contributed by atoms with van der Waals surface area (Å²) in [5, 5.41) is 8.46. The normalized spacial score (nSPS) is 9.64. The van der Waals surface area contributed by atoms with Crippen molar-refractivity contribution < 1.29 is 14.3 Å². The Balaban J connectivity index is 3.20. The van der Waals surface area contributed by atoms with Crippen molar-refractivity contribution in [3.05, 3.63) is 28.2 Å². The fourth-order valence-electron chi connectivity index (χ4n) is 0.572. The van der Waals surface area contributed by atoms with Gasteiger partial charge in [-0.2, -0.15) is 4.39 Å². The Hall–Kier alpha value is -0.970. The summed E-state index contributed by atoms with van der Waals surface area (Å²) in [6.07, 6.45) is 0. The number of carboxylic acids is 1. The molecule has 0 unspecified atom stereocenters. The number of pyridine rings is 1. The predicted octanol–water partition coefficient (Wildman–Crippen LogP) is 1.68. The van der Waals surface area contributed by atoms with E-state index < -0.39 is 11.9 Å². The molecule has 0 fully saturated rings. The van der Waals surface area contributed by atoms with E-state index in [9.17, 15) is 9.18 Å². The lowest BCUT2D eigenvalue weighted by atomic mass is 10.3. The second-order valence-electron chi connectivity index (χ2n) is 1.78. The smallest absolute Gasteiger partial charge is 0.338 e. The van der Waals surface area contributed by atoms with E-state index >= 15 is 0 Å². The van der Waals surface area contributed by atoms with Gasteiger partial charge >= 0.3 is 5.97 Å². The molecular formula is C6H3BrFNO2. The van der Waals surface area contributed by atoms with Crippen molar-refractivity contribution >= 4 is 21.9 Å². The number of rotatable bonds is 1. The van der Waals surface area contributed by atoms with Gasteiger partial charge in [-0.1, -0.05) is 0 Å². The standard InChI is InChI=1S/C6H3BrFNO2/c7-5-3(6(10)11)1-2-4(8)9-5/h1-2H,(H,10,11). The fourth-order valence-corrected chi connectivity index (χ4v) is 1.04. The Labute approximate surface area is 70.0 Å². The molecule has 0 aromatic carbocycles. The number of aromatic carboxylic acids is 1. The van der Waals surface area contributed by atoms with Crippen molar-refractivity contribution in [3.63, 3.8) is 0 Å². The van der Waals surface area contributed by atoms with Crippen molar-refractivity contribution in [2.24, 2.45) is 0 Å². The summed E-state index contributed by atoms with van der Waals surface area (Å²) in [5.41, 5.74) is -0.0496. The van der Waals surface area contributed by atoms with Crippen molar-refractivity contribution in [1.82, 2.24) is 4.98 Å². The molecule has 1 rings (SSSR count). The van der Waals surface area contributed by atoms with Crippen molar-refractivity contribution in [2.45, 2.75) is 0 Å². The van der Waals surface area contributed by atoms with Crippen molar-refractivity contribution in [1.29, 1.82) is 0 Å². The lowest BCUT2D eigenvalue weighted by molar-refractivity contribution is 0.0695. The average molecular weight is 220 g/mol. The lowest BCUT2D eigenvalue weighted by Crippen LogP contribution is -1.99. The van der Waals surface area contributed by atoms with Crippen LogP contribution in [0.2, 0.25) is 0 Å². The second kappa shape index (κ2) is 2.96. The van der Waals surface area contributed by atoms with Crippen LogP contribution < -0.4 is 0 Å². The van der Waals surface area contributed by atoms with Crippen molar-refractivity contribution in [2.75, 3.05) is 0 Å². The van der Waals surface area contributed by atoms with Crippen molar-refractivity contribution in [3.8, 4) is 0 Å². The van der Waals surface area contributed by atoms with E-state index in [4.69, 9.17) is 5.11 Å². The lowest BCUT2D eigenvalue weighted by Gasteiger charge is -1.95. The number of hydrogen-bond acceptors (Lipinski definition) is 2. The molecule has 0 radical (unpaired) electrons. The second-order valence-corrected chi connectivity index (χ2v) is 2.53. The molecule has 0 aliphatic carbocycles. The number of aromatic nitrogens is 1. The molecular weight excluding hydrogens is 217 g/mol. The minimum Gasteiger partial charge on any atom is -0.478 e. The quantitative estimate of drug-likeness (QED) is 0.732. The maximum absolute atomic E-state index is 12.3. The van der Waals surface area contributed by atoms with Gasteiger partial charge in [-0.25, -0.2) is 9.78 Å². The first kappa shape index (κ1) is 8.13. The summed E-state index contributed by atoms with van der Waals surface area (Å²) in [7, 11) is 0. The monoisotopic (exact) mass is 219 g/mol. The van der Waals surface area contributed by atoms with E-state index in [0.717, 1.165) is 12.1 Å². The molecule has 11 heavy (non-hydrogen) atoms. The molecule has 1 N–H and O–H groups in total. The molecule has 1 heterocycles. The minimum absolute atomic E-state index is 0.00463. The van der Waals surface area contributed by atoms with Gasteiger partial charge in [0.1, 0.15) is 4.60 Å². The van der Waals surface area contributed by atoms with Crippen LogP contribution in [0.15, 0.2) is 16.7 Å². The Bertz CT molecular complexity index is 303. The maximum Gasteiger partial charge on any atom is 0.338 e. The zero-order chi connectivity index (χ0) is 8.43. The van der Waals surface area contributed by atoms with Crippen LogP contribution in [0, 0.1) is 5.95 Å². The van der Waals surface area contributed by atoms with E-state index in [1.54, 1.807) is 0 Å². The van der Waals surface area contributed by atoms with Gasteiger partial charge in [0, 0.05) is 0 Å². The predicted molar refractivity (Wildman–Crippen MR) is 38.9 cm³/mol. The third-order valence-corrected chi connectivity index (χ3v) is 1.65. The highest BCUT2D eigenvalue weighted by atomic mass is 79.9. The van der Waals surface area contributed by atoms with E-state index in [0.29, 0.717) is 0 Å². The Morgan fingerprint density at radius 2 is 2.27 bits per heavy atom. The SMILES string of the molecule is O=C(O)c1ccc(F)nc1Br. The number of halogens is 2. The van der Waals surface area contributed by atoms with Gasteiger partial charge in [0.05, 0.1) is 5.56 Å². The number of carbonyl (C=O) groups is 1.